The van der Waals surface area contributed by atoms with Crippen molar-refractivity contribution in [2.45, 2.75) is 43.8 Å². The fourth-order valence-electron chi connectivity index (χ4n) is 2.90. The SMILES string of the molecule is N[C@@H]1CCC[C@H](c2nnc3c(C(F)(F)F)cccn23)C1. The molecule has 2 aromatic rings. The Morgan fingerprint density at radius 2 is 2.05 bits per heavy atom. The molecule has 0 radical (unpaired) electrons. The zero-order chi connectivity index (χ0) is 14.3. The van der Waals surface area contributed by atoms with Gasteiger partial charge in [0.1, 0.15) is 11.4 Å². The number of alkyl halides is 3. The van der Waals surface area contributed by atoms with E-state index in [2.05, 4.69) is 10.2 Å². The Labute approximate surface area is 113 Å². The number of hydrogen-bond donors (Lipinski definition) is 1. The maximum Gasteiger partial charge on any atom is 0.420 e. The predicted octanol–water partition coefficient (Wildman–Crippen LogP) is 2.73. The molecule has 0 aliphatic heterocycles. The Morgan fingerprint density at radius 3 is 2.75 bits per heavy atom. The van der Waals surface area contributed by atoms with Gasteiger partial charge in [-0.2, -0.15) is 13.2 Å². The molecule has 20 heavy (non-hydrogen) atoms. The van der Waals surface area contributed by atoms with Gasteiger partial charge in [-0.1, -0.05) is 6.42 Å². The van der Waals surface area contributed by atoms with E-state index >= 15 is 0 Å². The highest BCUT2D eigenvalue weighted by atomic mass is 19.4. The van der Waals surface area contributed by atoms with Crippen LogP contribution in [0.5, 0.6) is 0 Å². The van der Waals surface area contributed by atoms with Gasteiger partial charge in [0, 0.05) is 18.2 Å². The van der Waals surface area contributed by atoms with Gasteiger partial charge in [-0.15, -0.1) is 10.2 Å². The van der Waals surface area contributed by atoms with Gasteiger partial charge in [-0.3, -0.25) is 4.40 Å². The molecule has 4 nitrogen and oxygen atoms in total. The van der Waals surface area contributed by atoms with Crippen LogP contribution in [0, 0.1) is 0 Å². The van der Waals surface area contributed by atoms with Crippen LogP contribution in [0.3, 0.4) is 0 Å². The third kappa shape index (κ3) is 2.26. The summed E-state index contributed by atoms with van der Waals surface area (Å²) in [4.78, 5) is 0. The highest BCUT2D eigenvalue weighted by Crippen LogP contribution is 2.35. The van der Waals surface area contributed by atoms with Gasteiger partial charge >= 0.3 is 6.18 Å². The molecule has 7 heteroatoms. The lowest BCUT2D eigenvalue weighted by molar-refractivity contribution is -0.136. The molecule has 1 aliphatic rings. The van der Waals surface area contributed by atoms with E-state index < -0.39 is 11.7 Å². The van der Waals surface area contributed by atoms with Crippen molar-refractivity contribution in [3.8, 4) is 0 Å². The van der Waals surface area contributed by atoms with Crippen LogP contribution in [0.4, 0.5) is 13.2 Å². The van der Waals surface area contributed by atoms with Crippen molar-refractivity contribution >= 4 is 5.65 Å². The molecule has 108 valence electrons. The van der Waals surface area contributed by atoms with Gasteiger partial charge in [0.15, 0.2) is 5.65 Å². The van der Waals surface area contributed by atoms with E-state index in [1.54, 1.807) is 6.20 Å². The fourth-order valence-corrected chi connectivity index (χ4v) is 2.90. The summed E-state index contributed by atoms with van der Waals surface area (Å²) < 4.78 is 40.2. The molecule has 0 aromatic carbocycles. The summed E-state index contributed by atoms with van der Waals surface area (Å²) in [5.74, 6) is 0.665. The highest BCUT2D eigenvalue weighted by Gasteiger charge is 2.35. The standard InChI is InChI=1S/C13H15F3N4/c14-13(15,16)10-5-2-6-20-11(18-19-12(10)20)8-3-1-4-9(17)7-8/h2,5-6,8-9H,1,3-4,7,17H2/t8-,9+/m0/s1. The number of halogens is 3. The Hall–Kier alpha value is -1.63. The minimum atomic E-state index is -4.42. The normalized spacial score (nSPS) is 24.2. The van der Waals surface area contributed by atoms with E-state index in [-0.39, 0.29) is 17.6 Å². The predicted molar refractivity (Wildman–Crippen MR) is 67.2 cm³/mol. The van der Waals surface area contributed by atoms with Crippen LogP contribution in [-0.4, -0.2) is 20.6 Å². The van der Waals surface area contributed by atoms with Crippen molar-refractivity contribution < 1.29 is 13.2 Å². The number of hydrogen-bond acceptors (Lipinski definition) is 3. The Balaban J connectivity index is 2.06. The lowest BCUT2D eigenvalue weighted by Gasteiger charge is -2.25. The first-order chi connectivity index (χ1) is 9.47. The molecule has 2 atom stereocenters. The minimum Gasteiger partial charge on any atom is -0.328 e. The Kier molecular flexibility index (Phi) is 3.16. The molecule has 3 rings (SSSR count). The molecule has 1 aliphatic carbocycles. The largest absolute Gasteiger partial charge is 0.420 e. The van der Waals surface area contributed by atoms with Crippen LogP contribution in [0.2, 0.25) is 0 Å². The molecular weight excluding hydrogens is 269 g/mol. The molecule has 1 saturated carbocycles. The lowest BCUT2D eigenvalue weighted by Crippen LogP contribution is -2.27. The van der Waals surface area contributed by atoms with E-state index in [0.717, 1.165) is 31.7 Å². The zero-order valence-corrected chi connectivity index (χ0v) is 10.8. The van der Waals surface area contributed by atoms with Gasteiger partial charge in [0.05, 0.1) is 0 Å². The van der Waals surface area contributed by atoms with Crippen molar-refractivity contribution in [1.29, 1.82) is 0 Å². The molecule has 0 spiro atoms. The second kappa shape index (κ2) is 4.73. The molecular formula is C13H15F3N4. The number of pyridine rings is 1. The minimum absolute atomic E-state index is 0.0808. The number of nitrogens with two attached hydrogens (primary N) is 1. The number of nitrogens with zero attached hydrogens (tertiary/aromatic N) is 3. The molecule has 0 saturated heterocycles. The molecule has 0 bridgehead atoms. The van der Waals surface area contributed by atoms with Gasteiger partial charge < -0.3 is 5.73 Å². The molecule has 1 fully saturated rings. The number of rotatable bonds is 1. The first kappa shape index (κ1) is 13.4. The average Bonchev–Trinajstić information content (AvgIpc) is 2.81. The maximum absolute atomic E-state index is 12.9. The molecule has 2 aromatic heterocycles. The summed E-state index contributed by atoms with van der Waals surface area (Å²) in [6, 6.07) is 2.50. The third-order valence-electron chi connectivity index (χ3n) is 3.85. The van der Waals surface area contributed by atoms with Crippen LogP contribution < -0.4 is 5.73 Å². The van der Waals surface area contributed by atoms with Gasteiger partial charge in [0.25, 0.3) is 0 Å². The molecule has 2 heterocycles. The monoisotopic (exact) mass is 284 g/mol. The number of aromatic nitrogens is 3. The van der Waals surface area contributed by atoms with Crippen LogP contribution >= 0.6 is 0 Å². The summed E-state index contributed by atoms with van der Waals surface area (Å²) in [6.07, 6.45) is 0.734. The average molecular weight is 284 g/mol. The van der Waals surface area contributed by atoms with E-state index in [1.807, 2.05) is 0 Å². The van der Waals surface area contributed by atoms with E-state index in [0.29, 0.717) is 5.82 Å². The van der Waals surface area contributed by atoms with Crippen molar-refractivity contribution in [3.05, 3.63) is 29.7 Å². The summed E-state index contributed by atoms with van der Waals surface area (Å²) in [7, 11) is 0. The highest BCUT2D eigenvalue weighted by molar-refractivity contribution is 5.49. The fraction of sp³-hybridized carbons (Fsp3) is 0.538. The van der Waals surface area contributed by atoms with Gasteiger partial charge in [-0.25, -0.2) is 0 Å². The van der Waals surface area contributed by atoms with Gasteiger partial charge in [-0.05, 0) is 31.4 Å². The van der Waals surface area contributed by atoms with Crippen LogP contribution in [0.25, 0.3) is 5.65 Å². The Morgan fingerprint density at radius 1 is 1.25 bits per heavy atom. The van der Waals surface area contributed by atoms with E-state index in [9.17, 15) is 13.2 Å². The van der Waals surface area contributed by atoms with Crippen LogP contribution in [0.1, 0.15) is 43.0 Å². The van der Waals surface area contributed by atoms with Gasteiger partial charge in [0.2, 0.25) is 0 Å². The first-order valence-corrected chi connectivity index (χ1v) is 6.63. The summed E-state index contributed by atoms with van der Waals surface area (Å²) in [5.41, 5.74) is 5.06. The van der Waals surface area contributed by atoms with Crippen molar-refractivity contribution in [2.24, 2.45) is 5.73 Å². The second-order valence-corrected chi connectivity index (χ2v) is 5.30. The first-order valence-electron chi connectivity index (χ1n) is 6.63. The zero-order valence-electron chi connectivity index (χ0n) is 10.8. The van der Waals surface area contributed by atoms with Crippen molar-refractivity contribution in [1.82, 2.24) is 14.6 Å². The quantitative estimate of drug-likeness (QED) is 0.876. The van der Waals surface area contributed by atoms with Crippen LogP contribution in [0.15, 0.2) is 18.3 Å². The lowest BCUT2D eigenvalue weighted by atomic mass is 9.85. The van der Waals surface area contributed by atoms with Crippen molar-refractivity contribution in [3.63, 3.8) is 0 Å². The molecule has 2 N–H and O–H groups in total. The summed E-state index contributed by atoms with van der Waals surface area (Å²) >= 11 is 0. The van der Waals surface area contributed by atoms with Crippen molar-refractivity contribution in [2.75, 3.05) is 0 Å². The van der Waals surface area contributed by atoms with Crippen LogP contribution in [-0.2, 0) is 6.18 Å². The van der Waals surface area contributed by atoms with E-state index in [1.165, 1.54) is 10.5 Å². The maximum atomic E-state index is 12.9. The van der Waals surface area contributed by atoms with E-state index in [4.69, 9.17) is 5.73 Å². The second-order valence-electron chi connectivity index (χ2n) is 5.30. The topological polar surface area (TPSA) is 56.2 Å². The Bertz CT molecular complexity index is 620. The number of fused-ring (bicyclic) bond motifs is 1. The molecule has 0 amide bonds. The molecule has 0 unspecified atom stereocenters. The smallest absolute Gasteiger partial charge is 0.328 e. The third-order valence-corrected chi connectivity index (χ3v) is 3.85. The summed E-state index contributed by atoms with van der Waals surface area (Å²) in [6.45, 7) is 0. The summed E-state index contributed by atoms with van der Waals surface area (Å²) in [5, 5.41) is 7.72.